The summed E-state index contributed by atoms with van der Waals surface area (Å²) in [4.78, 5) is 27.8. The van der Waals surface area contributed by atoms with Crippen LogP contribution in [0.1, 0.15) is 5.56 Å². The second-order valence-corrected chi connectivity index (χ2v) is 3.93. The van der Waals surface area contributed by atoms with Crippen molar-refractivity contribution in [1.29, 1.82) is 0 Å². The van der Waals surface area contributed by atoms with Gasteiger partial charge in [-0.2, -0.15) is 0 Å². The maximum Gasteiger partial charge on any atom is 0.323 e. The minimum atomic E-state index is -1.07. The van der Waals surface area contributed by atoms with Crippen molar-refractivity contribution in [1.82, 2.24) is 9.88 Å². The molecular formula is C12H17N3O4. The first-order chi connectivity index (χ1) is 9.04. The topological polar surface area (TPSA) is 91.8 Å². The number of nitrogens with zero attached hydrogens (tertiary/aromatic N) is 2. The summed E-state index contributed by atoms with van der Waals surface area (Å²) in [6.45, 7) is 1.92. The number of carbonyl (C=O) groups is 2. The smallest absolute Gasteiger partial charge is 0.323 e. The van der Waals surface area contributed by atoms with Crippen LogP contribution in [-0.2, 0) is 9.53 Å². The number of methoxy groups -OCH3 is 1. The van der Waals surface area contributed by atoms with Crippen LogP contribution in [0.2, 0.25) is 0 Å². The second kappa shape index (κ2) is 7.32. The van der Waals surface area contributed by atoms with Crippen molar-refractivity contribution in [2.75, 3.05) is 32.1 Å². The first-order valence-electron chi connectivity index (χ1n) is 5.72. The molecular weight excluding hydrogens is 250 g/mol. The summed E-state index contributed by atoms with van der Waals surface area (Å²) in [5, 5.41) is 11.4. The zero-order chi connectivity index (χ0) is 14.3. The molecule has 0 atom stereocenters. The van der Waals surface area contributed by atoms with E-state index >= 15 is 0 Å². The predicted molar refractivity (Wildman–Crippen MR) is 69.1 cm³/mol. The number of amides is 2. The SMILES string of the molecule is COCCN(CC(=O)O)C(=O)Nc1cnccc1C. The van der Waals surface area contributed by atoms with Gasteiger partial charge in [0, 0.05) is 19.9 Å². The van der Waals surface area contributed by atoms with Crippen LogP contribution in [-0.4, -0.2) is 53.8 Å². The van der Waals surface area contributed by atoms with Crippen LogP contribution in [0.4, 0.5) is 10.5 Å². The van der Waals surface area contributed by atoms with Gasteiger partial charge in [-0.1, -0.05) is 0 Å². The van der Waals surface area contributed by atoms with Crippen molar-refractivity contribution in [2.24, 2.45) is 0 Å². The Morgan fingerprint density at radius 3 is 2.84 bits per heavy atom. The maximum atomic E-state index is 12.0. The molecule has 104 valence electrons. The van der Waals surface area contributed by atoms with Crippen molar-refractivity contribution < 1.29 is 19.4 Å². The van der Waals surface area contributed by atoms with Gasteiger partial charge in [-0.05, 0) is 18.6 Å². The van der Waals surface area contributed by atoms with Crippen LogP contribution < -0.4 is 5.32 Å². The standard InChI is InChI=1S/C12H17N3O4/c1-9-3-4-13-7-10(9)14-12(18)15(5-6-19-2)8-11(16)17/h3-4,7H,5-6,8H2,1-2H3,(H,14,18)(H,16,17). The molecule has 2 N–H and O–H groups in total. The van der Waals surface area contributed by atoms with E-state index in [1.807, 2.05) is 6.92 Å². The predicted octanol–water partition coefficient (Wildman–Crippen LogP) is 0.955. The first-order valence-corrected chi connectivity index (χ1v) is 5.72. The molecule has 0 saturated heterocycles. The number of hydrogen-bond donors (Lipinski definition) is 2. The van der Waals surface area contributed by atoms with Gasteiger partial charge in [0.05, 0.1) is 18.5 Å². The molecule has 0 radical (unpaired) electrons. The van der Waals surface area contributed by atoms with Crippen molar-refractivity contribution in [2.45, 2.75) is 6.92 Å². The molecule has 1 aromatic rings. The normalized spacial score (nSPS) is 10.0. The molecule has 0 aliphatic carbocycles. The van der Waals surface area contributed by atoms with Crippen LogP contribution in [0.15, 0.2) is 18.5 Å². The summed E-state index contributed by atoms with van der Waals surface area (Å²) >= 11 is 0. The third kappa shape index (κ3) is 4.92. The van der Waals surface area contributed by atoms with Crippen LogP contribution in [0.3, 0.4) is 0 Å². The van der Waals surface area contributed by atoms with Gasteiger partial charge >= 0.3 is 12.0 Å². The number of urea groups is 1. The van der Waals surface area contributed by atoms with Crippen molar-refractivity contribution in [3.05, 3.63) is 24.0 Å². The van der Waals surface area contributed by atoms with Crippen LogP contribution in [0.25, 0.3) is 0 Å². The number of aromatic nitrogens is 1. The monoisotopic (exact) mass is 267 g/mol. The summed E-state index contributed by atoms with van der Waals surface area (Å²) in [5.41, 5.74) is 1.41. The van der Waals surface area contributed by atoms with E-state index in [-0.39, 0.29) is 19.7 Å². The summed E-state index contributed by atoms with van der Waals surface area (Å²) in [6, 6.07) is 1.27. The van der Waals surface area contributed by atoms with E-state index < -0.39 is 12.0 Å². The number of rotatable bonds is 6. The molecule has 0 fully saturated rings. The Morgan fingerprint density at radius 2 is 2.26 bits per heavy atom. The fourth-order valence-electron chi connectivity index (χ4n) is 1.41. The fraction of sp³-hybridized carbons (Fsp3) is 0.417. The van der Waals surface area contributed by atoms with Crippen LogP contribution >= 0.6 is 0 Å². The molecule has 7 nitrogen and oxygen atoms in total. The Kier molecular flexibility index (Phi) is 5.74. The lowest BCUT2D eigenvalue weighted by Gasteiger charge is -2.21. The highest BCUT2D eigenvalue weighted by atomic mass is 16.5. The van der Waals surface area contributed by atoms with E-state index in [4.69, 9.17) is 9.84 Å². The molecule has 1 rings (SSSR count). The number of pyridine rings is 1. The molecule has 1 heterocycles. The van der Waals surface area contributed by atoms with Gasteiger partial charge in [-0.15, -0.1) is 0 Å². The lowest BCUT2D eigenvalue weighted by molar-refractivity contribution is -0.137. The average Bonchev–Trinajstić information content (AvgIpc) is 2.36. The van der Waals surface area contributed by atoms with Crippen molar-refractivity contribution in [3.63, 3.8) is 0 Å². The zero-order valence-electron chi connectivity index (χ0n) is 10.9. The molecule has 2 amide bonds. The molecule has 7 heteroatoms. The minimum Gasteiger partial charge on any atom is -0.480 e. The average molecular weight is 267 g/mol. The first kappa shape index (κ1) is 14.9. The van der Waals surface area contributed by atoms with Crippen molar-refractivity contribution >= 4 is 17.7 Å². The quantitative estimate of drug-likeness (QED) is 0.800. The minimum absolute atomic E-state index is 0.202. The number of aliphatic carboxylic acids is 1. The van der Waals surface area contributed by atoms with Gasteiger partial charge in [0.15, 0.2) is 0 Å². The van der Waals surface area contributed by atoms with Gasteiger partial charge in [0.25, 0.3) is 0 Å². The Labute approximate surface area is 111 Å². The Bertz CT molecular complexity index is 450. The number of hydrogen-bond acceptors (Lipinski definition) is 4. The van der Waals surface area contributed by atoms with E-state index in [9.17, 15) is 9.59 Å². The lowest BCUT2D eigenvalue weighted by atomic mass is 10.2. The molecule has 0 aromatic carbocycles. The Morgan fingerprint density at radius 1 is 1.53 bits per heavy atom. The zero-order valence-corrected chi connectivity index (χ0v) is 10.9. The molecule has 0 unspecified atom stereocenters. The number of carboxylic acid groups (broad SMARTS) is 1. The van der Waals surface area contributed by atoms with E-state index in [1.54, 1.807) is 12.3 Å². The van der Waals surface area contributed by atoms with Gasteiger partial charge in [-0.25, -0.2) is 4.79 Å². The molecule has 0 bridgehead atoms. The number of nitrogens with one attached hydrogen (secondary N) is 1. The molecule has 0 saturated carbocycles. The van der Waals surface area contributed by atoms with Crippen molar-refractivity contribution in [3.8, 4) is 0 Å². The Hall–Kier alpha value is -2.15. The highest BCUT2D eigenvalue weighted by Crippen LogP contribution is 2.12. The molecule has 19 heavy (non-hydrogen) atoms. The maximum absolute atomic E-state index is 12.0. The fourth-order valence-corrected chi connectivity index (χ4v) is 1.41. The molecule has 1 aromatic heterocycles. The van der Waals surface area contributed by atoms with Gasteiger partial charge in [-0.3, -0.25) is 9.78 Å². The van der Waals surface area contributed by atoms with E-state index in [2.05, 4.69) is 10.3 Å². The highest BCUT2D eigenvalue weighted by molar-refractivity contribution is 5.91. The summed E-state index contributed by atoms with van der Waals surface area (Å²) in [7, 11) is 1.49. The number of anilines is 1. The molecule has 0 aliphatic heterocycles. The molecule has 0 spiro atoms. The summed E-state index contributed by atoms with van der Waals surface area (Å²) in [6.07, 6.45) is 3.13. The highest BCUT2D eigenvalue weighted by Gasteiger charge is 2.17. The van der Waals surface area contributed by atoms with E-state index in [1.165, 1.54) is 13.3 Å². The molecule has 0 aliphatic rings. The largest absolute Gasteiger partial charge is 0.480 e. The third-order valence-electron chi connectivity index (χ3n) is 2.46. The van der Waals surface area contributed by atoms with Gasteiger partial charge in [0.1, 0.15) is 6.54 Å². The second-order valence-electron chi connectivity index (χ2n) is 3.93. The van der Waals surface area contributed by atoms with E-state index in [0.29, 0.717) is 5.69 Å². The van der Waals surface area contributed by atoms with Gasteiger partial charge in [0.2, 0.25) is 0 Å². The number of ether oxygens (including phenoxy) is 1. The van der Waals surface area contributed by atoms with Crippen LogP contribution in [0.5, 0.6) is 0 Å². The van der Waals surface area contributed by atoms with E-state index in [0.717, 1.165) is 10.5 Å². The lowest BCUT2D eigenvalue weighted by Crippen LogP contribution is -2.40. The summed E-state index contributed by atoms with van der Waals surface area (Å²) in [5.74, 6) is -1.07. The third-order valence-corrected chi connectivity index (χ3v) is 2.46. The number of aryl methyl sites for hydroxylation is 1. The Balaban J connectivity index is 2.70. The van der Waals surface area contributed by atoms with Crippen LogP contribution in [0, 0.1) is 6.92 Å². The van der Waals surface area contributed by atoms with Gasteiger partial charge < -0.3 is 20.1 Å². The number of carbonyl (C=O) groups excluding carboxylic acids is 1. The number of carboxylic acids is 1. The summed E-state index contributed by atoms with van der Waals surface area (Å²) < 4.78 is 4.85.